The number of carbonyl (C=O) groups is 1. The molecule has 1 aromatic heterocycles. The first-order valence-corrected chi connectivity index (χ1v) is 16.3. The zero-order valence-electron chi connectivity index (χ0n) is 22.9. The van der Waals surface area contributed by atoms with Gasteiger partial charge in [-0.1, -0.05) is 44.7 Å². The molecule has 0 radical (unpaired) electrons. The molecule has 3 rings (SSSR count). The van der Waals surface area contributed by atoms with Gasteiger partial charge in [0.2, 0.25) is 5.12 Å². The van der Waals surface area contributed by atoms with Crippen LogP contribution in [0.1, 0.15) is 46.4 Å². The summed E-state index contributed by atoms with van der Waals surface area (Å²) in [7, 11) is -4.28. The van der Waals surface area contributed by atoms with Crippen LogP contribution >= 0.6 is 31.3 Å². The number of hydrogen-bond donors (Lipinski definition) is 3. The van der Waals surface area contributed by atoms with Crippen LogP contribution in [0.4, 0.5) is 4.39 Å². The van der Waals surface area contributed by atoms with Crippen molar-refractivity contribution in [1.29, 1.82) is 0 Å². The van der Waals surface area contributed by atoms with Crippen molar-refractivity contribution in [2.45, 2.75) is 75.8 Å². The number of aliphatic hydroxyl groups is 1. The van der Waals surface area contributed by atoms with E-state index >= 15 is 4.39 Å². The number of H-pyrrole nitrogens is 1. The number of nitrogens with zero attached hydrogens (tertiary/aromatic N) is 1. The first kappa shape index (κ1) is 32.6. The summed E-state index contributed by atoms with van der Waals surface area (Å²) in [6, 6.07) is 6.95. The molecular formula is C25H35FN3O8PS2. The van der Waals surface area contributed by atoms with Gasteiger partial charge in [0.1, 0.15) is 18.0 Å². The molecule has 1 saturated heterocycles. The van der Waals surface area contributed by atoms with Crippen LogP contribution in [0.5, 0.6) is 5.75 Å². The van der Waals surface area contributed by atoms with Crippen LogP contribution in [0.25, 0.3) is 0 Å². The Balaban J connectivity index is 1.80. The van der Waals surface area contributed by atoms with Gasteiger partial charge in [-0.05, 0) is 37.3 Å². The lowest BCUT2D eigenvalue weighted by atomic mass is 9.98. The van der Waals surface area contributed by atoms with Crippen molar-refractivity contribution in [3.05, 3.63) is 62.9 Å². The quantitative estimate of drug-likeness (QED) is 0.282. The second-order valence-electron chi connectivity index (χ2n) is 9.64. The maximum absolute atomic E-state index is 15.6. The molecule has 1 aliphatic heterocycles. The van der Waals surface area contributed by atoms with Crippen LogP contribution in [0.15, 0.2) is 46.1 Å². The Morgan fingerprint density at radius 1 is 1.27 bits per heavy atom. The molecule has 1 aliphatic rings. The van der Waals surface area contributed by atoms with Crippen LogP contribution in [0.2, 0.25) is 0 Å². The molecule has 0 saturated carbocycles. The molecule has 1 aromatic carbocycles. The third-order valence-electron chi connectivity index (χ3n) is 5.91. The Hall–Kier alpha value is -1.93. The monoisotopic (exact) mass is 619 g/mol. The van der Waals surface area contributed by atoms with Crippen molar-refractivity contribution in [3.8, 4) is 5.75 Å². The van der Waals surface area contributed by atoms with Gasteiger partial charge in [-0.3, -0.25) is 23.7 Å². The SMILES string of the molecule is CCSCc1ccc(OP(=O)(N[C@@H](C)C(=O)SC(C)C)OC[C@H]2O[C@@H](n3ccc(=O)[nH]c3=O)[C@](C)(F)[C@@H]2O)cc1. The van der Waals surface area contributed by atoms with Crippen molar-refractivity contribution in [1.82, 2.24) is 14.6 Å². The van der Waals surface area contributed by atoms with Gasteiger partial charge < -0.3 is 14.4 Å². The summed E-state index contributed by atoms with van der Waals surface area (Å²) in [4.78, 5) is 38.2. The number of benzene rings is 1. The zero-order valence-corrected chi connectivity index (χ0v) is 25.4. The molecule has 0 bridgehead atoms. The van der Waals surface area contributed by atoms with E-state index in [1.807, 2.05) is 31.0 Å². The number of halogens is 1. The molecule has 3 N–H and O–H groups in total. The molecular weight excluding hydrogens is 584 g/mol. The molecule has 2 heterocycles. The highest BCUT2D eigenvalue weighted by Crippen LogP contribution is 2.47. The summed E-state index contributed by atoms with van der Waals surface area (Å²) in [5, 5.41) is 13.0. The van der Waals surface area contributed by atoms with Gasteiger partial charge in [-0.25, -0.2) is 18.8 Å². The maximum atomic E-state index is 15.6. The first-order valence-electron chi connectivity index (χ1n) is 12.7. The lowest BCUT2D eigenvalue weighted by Crippen LogP contribution is -2.43. The van der Waals surface area contributed by atoms with Gasteiger partial charge >= 0.3 is 13.4 Å². The Bertz CT molecular complexity index is 1320. The average molecular weight is 620 g/mol. The van der Waals surface area contributed by atoms with Gasteiger partial charge in [0.05, 0.1) is 12.6 Å². The number of aliphatic hydroxyl groups excluding tert-OH is 1. The van der Waals surface area contributed by atoms with E-state index in [-0.39, 0.29) is 16.1 Å². The van der Waals surface area contributed by atoms with Crippen LogP contribution in [0.3, 0.4) is 0 Å². The summed E-state index contributed by atoms with van der Waals surface area (Å²) in [5.41, 5.74) is -3.05. The Labute approximate surface area is 240 Å². The molecule has 11 nitrogen and oxygen atoms in total. The predicted molar refractivity (Wildman–Crippen MR) is 154 cm³/mol. The van der Waals surface area contributed by atoms with E-state index in [0.717, 1.165) is 52.6 Å². The highest BCUT2D eigenvalue weighted by Gasteiger charge is 2.55. The average Bonchev–Trinajstić information content (AvgIpc) is 3.10. The van der Waals surface area contributed by atoms with Gasteiger partial charge in [0, 0.05) is 23.3 Å². The minimum atomic E-state index is -4.28. The number of alkyl halides is 1. The number of rotatable bonds is 13. The van der Waals surface area contributed by atoms with Crippen LogP contribution in [-0.2, 0) is 24.4 Å². The van der Waals surface area contributed by atoms with Gasteiger partial charge in [0.15, 0.2) is 11.9 Å². The fourth-order valence-corrected chi connectivity index (χ4v) is 6.81. The second kappa shape index (κ2) is 13.8. The van der Waals surface area contributed by atoms with Crippen LogP contribution < -0.4 is 20.9 Å². The molecule has 2 aromatic rings. The van der Waals surface area contributed by atoms with Crippen molar-refractivity contribution in [2.75, 3.05) is 12.4 Å². The van der Waals surface area contributed by atoms with Crippen molar-refractivity contribution in [2.24, 2.45) is 0 Å². The van der Waals surface area contributed by atoms with E-state index in [2.05, 4.69) is 12.0 Å². The standard InChI is InChI=1S/C25H35FN3O8PS2/c1-6-39-14-17-7-9-18(10-8-17)37-38(34,28-16(4)22(32)40-15(2)3)35-13-19-21(31)25(5,26)23(36-19)29-12-11-20(30)27-24(29)33/h7-12,15-16,19,21,23,31H,6,13-14H2,1-5H3,(H,28,34)(H,27,30,33)/t16-,19+,21+,23+,25+,38?/m0/s1. The number of carbonyl (C=O) groups excluding carboxylic acids is 1. The molecule has 6 atom stereocenters. The number of hydrogen-bond acceptors (Lipinski definition) is 10. The number of thioether (sulfide) groups is 2. The number of ether oxygens (including phenoxy) is 1. The molecule has 222 valence electrons. The first-order chi connectivity index (χ1) is 18.8. The summed E-state index contributed by atoms with van der Waals surface area (Å²) in [5.74, 6) is 1.95. The van der Waals surface area contributed by atoms with Crippen LogP contribution in [-0.4, -0.2) is 61.3 Å². The minimum absolute atomic E-state index is 0.0101. The topological polar surface area (TPSA) is 149 Å². The Morgan fingerprint density at radius 3 is 2.55 bits per heavy atom. The number of aromatic amines is 1. The van der Waals surface area contributed by atoms with E-state index < -0.39 is 55.7 Å². The normalized spacial score (nSPS) is 25.1. The van der Waals surface area contributed by atoms with Crippen molar-refractivity contribution in [3.63, 3.8) is 0 Å². The van der Waals surface area contributed by atoms with E-state index in [1.165, 1.54) is 6.92 Å². The molecule has 1 fully saturated rings. The third kappa shape index (κ3) is 8.31. The minimum Gasteiger partial charge on any atom is -0.413 e. The molecule has 0 amide bonds. The van der Waals surface area contributed by atoms with Gasteiger partial charge in [-0.15, -0.1) is 0 Å². The largest absolute Gasteiger partial charge is 0.459 e. The summed E-state index contributed by atoms with van der Waals surface area (Å²) < 4.78 is 47.2. The molecule has 0 spiro atoms. The van der Waals surface area contributed by atoms with Gasteiger partial charge in [0.25, 0.3) is 5.56 Å². The summed E-state index contributed by atoms with van der Waals surface area (Å²) in [6.07, 6.45) is -3.72. The molecule has 15 heteroatoms. The second-order valence-corrected chi connectivity index (χ2v) is 14.2. The number of aromatic nitrogens is 2. The molecule has 0 aliphatic carbocycles. The predicted octanol–water partition coefficient (Wildman–Crippen LogP) is 3.63. The third-order valence-corrected chi connectivity index (χ3v) is 9.56. The van der Waals surface area contributed by atoms with E-state index in [0.29, 0.717) is 0 Å². The molecule has 1 unspecified atom stereocenters. The fourth-order valence-electron chi connectivity index (χ4n) is 3.85. The zero-order chi connectivity index (χ0) is 29.7. The van der Waals surface area contributed by atoms with E-state index in [4.69, 9.17) is 13.8 Å². The highest BCUT2D eigenvalue weighted by atomic mass is 32.2. The van der Waals surface area contributed by atoms with E-state index in [9.17, 15) is 24.1 Å². The van der Waals surface area contributed by atoms with E-state index in [1.54, 1.807) is 23.9 Å². The lowest BCUT2D eigenvalue weighted by Gasteiger charge is -2.25. The van der Waals surface area contributed by atoms with Crippen LogP contribution in [0, 0.1) is 0 Å². The lowest BCUT2D eigenvalue weighted by molar-refractivity contribution is -0.112. The van der Waals surface area contributed by atoms with Crippen molar-refractivity contribution >= 4 is 36.4 Å². The Morgan fingerprint density at radius 2 is 1.95 bits per heavy atom. The smallest absolute Gasteiger partial charge is 0.413 e. The van der Waals surface area contributed by atoms with Crippen molar-refractivity contribution < 1.29 is 32.6 Å². The highest BCUT2D eigenvalue weighted by molar-refractivity contribution is 8.14. The molecule has 40 heavy (non-hydrogen) atoms. The summed E-state index contributed by atoms with van der Waals surface area (Å²) in [6.45, 7) is 7.69. The summed E-state index contributed by atoms with van der Waals surface area (Å²) >= 11 is 2.79. The number of nitrogens with one attached hydrogen (secondary N) is 2. The fraction of sp³-hybridized carbons (Fsp3) is 0.560. The maximum Gasteiger partial charge on any atom is 0.459 e. The van der Waals surface area contributed by atoms with Gasteiger partial charge in [-0.2, -0.15) is 11.8 Å². The Kier molecular flexibility index (Phi) is 11.3.